The second-order valence-corrected chi connectivity index (χ2v) is 7.69. The van der Waals surface area contributed by atoms with Crippen LogP contribution in [-0.4, -0.2) is 65.1 Å². The molecule has 4 rings (SSSR count). The molecular formula is C20H29N5. The van der Waals surface area contributed by atoms with Crippen molar-refractivity contribution in [2.45, 2.75) is 44.2 Å². The molecular weight excluding hydrogens is 310 g/mol. The Bertz CT molecular complexity index is 670. The topological polar surface area (TPSA) is 36.7 Å². The van der Waals surface area contributed by atoms with E-state index in [-0.39, 0.29) is 0 Å². The standard InChI is InChI=1S/C20H29N5/c1-16-3-8-21-14-20(16)17-13-22-25(15-17)19-6-11-24(12-7-19)18-4-9-23(2)10-5-18/h8,13-15,18-19H,1,3-7,9-12H2,2H3. The molecule has 4 heterocycles. The number of allylic oxidation sites excluding steroid dienone is 2. The zero-order chi connectivity index (χ0) is 17.2. The fourth-order valence-corrected chi connectivity index (χ4v) is 4.32. The maximum atomic E-state index is 4.65. The summed E-state index contributed by atoms with van der Waals surface area (Å²) in [5.41, 5.74) is 3.42. The van der Waals surface area contributed by atoms with E-state index in [2.05, 4.69) is 44.4 Å². The molecule has 5 nitrogen and oxygen atoms in total. The van der Waals surface area contributed by atoms with Gasteiger partial charge in [-0.2, -0.15) is 5.10 Å². The van der Waals surface area contributed by atoms with Crippen LogP contribution in [0.5, 0.6) is 0 Å². The molecule has 0 amide bonds. The SMILES string of the molecule is C=C1CC=NC=C1c1cnn(C2CCN(C3CCN(C)CC3)CC2)c1. The van der Waals surface area contributed by atoms with Crippen molar-refractivity contribution in [3.8, 4) is 0 Å². The third kappa shape index (κ3) is 3.62. The minimum Gasteiger partial charge on any atom is -0.306 e. The largest absolute Gasteiger partial charge is 0.306 e. The Labute approximate surface area is 150 Å². The second-order valence-electron chi connectivity index (χ2n) is 7.69. The van der Waals surface area contributed by atoms with E-state index in [0.717, 1.165) is 29.2 Å². The van der Waals surface area contributed by atoms with E-state index in [1.807, 2.05) is 18.6 Å². The Kier molecular flexibility index (Phi) is 4.86. The van der Waals surface area contributed by atoms with E-state index in [1.165, 1.54) is 51.9 Å². The van der Waals surface area contributed by atoms with Gasteiger partial charge in [0.25, 0.3) is 0 Å². The molecule has 25 heavy (non-hydrogen) atoms. The van der Waals surface area contributed by atoms with Crippen molar-refractivity contribution in [2.24, 2.45) is 4.99 Å². The van der Waals surface area contributed by atoms with Crippen LogP contribution in [0, 0.1) is 0 Å². The Morgan fingerprint density at radius 2 is 1.76 bits per heavy atom. The molecule has 0 aromatic carbocycles. The summed E-state index contributed by atoms with van der Waals surface area (Å²) in [6, 6.07) is 1.32. The number of aromatic nitrogens is 2. The molecule has 3 aliphatic rings. The first-order chi connectivity index (χ1) is 12.2. The molecule has 1 aromatic rings. The summed E-state index contributed by atoms with van der Waals surface area (Å²) in [5, 5.41) is 4.65. The van der Waals surface area contributed by atoms with Crippen molar-refractivity contribution in [3.63, 3.8) is 0 Å². The zero-order valence-corrected chi connectivity index (χ0v) is 15.3. The van der Waals surface area contributed by atoms with Crippen molar-refractivity contribution < 1.29 is 0 Å². The first-order valence-corrected chi connectivity index (χ1v) is 9.58. The Hall–Kier alpha value is -1.72. The molecule has 0 spiro atoms. The van der Waals surface area contributed by atoms with Gasteiger partial charge in [0.2, 0.25) is 0 Å². The van der Waals surface area contributed by atoms with Crippen molar-refractivity contribution in [3.05, 3.63) is 36.3 Å². The van der Waals surface area contributed by atoms with Gasteiger partial charge >= 0.3 is 0 Å². The molecule has 0 aliphatic carbocycles. The summed E-state index contributed by atoms with van der Waals surface area (Å²) in [5.74, 6) is 0. The zero-order valence-electron chi connectivity index (χ0n) is 15.3. The summed E-state index contributed by atoms with van der Waals surface area (Å²) >= 11 is 0. The van der Waals surface area contributed by atoms with Gasteiger partial charge in [0, 0.05) is 55.3 Å². The second kappa shape index (κ2) is 7.26. The van der Waals surface area contributed by atoms with E-state index in [0.29, 0.717) is 6.04 Å². The molecule has 0 radical (unpaired) electrons. The van der Waals surface area contributed by atoms with E-state index in [1.54, 1.807) is 0 Å². The molecule has 1 aromatic heterocycles. The normalized spacial score (nSPS) is 24.7. The molecule has 0 atom stereocenters. The van der Waals surface area contributed by atoms with Gasteiger partial charge in [-0.3, -0.25) is 9.67 Å². The van der Waals surface area contributed by atoms with Crippen LogP contribution in [-0.2, 0) is 0 Å². The predicted octanol–water partition coefficient (Wildman–Crippen LogP) is 2.99. The van der Waals surface area contributed by atoms with Gasteiger partial charge in [0.05, 0.1) is 12.2 Å². The minimum absolute atomic E-state index is 0.525. The van der Waals surface area contributed by atoms with Gasteiger partial charge in [-0.05, 0) is 51.4 Å². The van der Waals surface area contributed by atoms with E-state index >= 15 is 0 Å². The smallest absolute Gasteiger partial charge is 0.0569 e. The predicted molar refractivity (Wildman–Crippen MR) is 103 cm³/mol. The third-order valence-corrected chi connectivity index (χ3v) is 6.02. The van der Waals surface area contributed by atoms with E-state index < -0.39 is 0 Å². The van der Waals surface area contributed by atoms with E-state index in [9.17, 15) is 0 Å². The number of likely N-dealkylation sites (tertiary alicyclic amines) is 2. The van der Waals surface area contributed by atoms with Gasteiger partial charge in [-0.15, -0.1) is 0 Å². The van der Waals surface area contributed by atoms with Crippen molar-refractivity contribution in [1.82, 2.24) is 19.6 Å². The Balaban J connectivity index is 1.36. The highest BCUT2D eigenvalue weighted by Gasteiger charge is 2.28. The van der Waals surface area contributed by atoms with Gasteiger partial charge < -0.3 is 9.80 Å². The Morgan fingerprint density at radius 1 is 1.04 bits per heavy atom. The van der Waals surface area contributed by atoms with Crippen LogP contribution >= 0.6 is 0 Å². The molecule has 0 bridgehead atoms. The Morgan fingerprint density at radius 3 is 2.48 bits per heavy atom. The summed E-state index contributed by atoms with van der Waals surface area (Å²) < 4.78 is 2.17. The first-order valence-electron chi connectivity index (χ1n) is 9.58. The van der Waals surface area contributed by atoms with Gasteiger partial charge in [-0.1, -0.05) is 6.58 Å². The molecule has 2 fully saturated rings. The maximum absolute atomic E-state index is 4.65. The van der Waals surface area contributed by atoms with Gasteiger partial charge in [-0.25, -0.2) is 0 Å². The lowest BCUT2D eigenvalue weighted by Gasteiger charge is -2.41. The lowest BCUT2D eigenvalue weighted by molar-refractivity contribution is 0.0851. The average Bonchev–Trinajstić information content (AvgIpc) is 3.13. The fraction of sp³-hybridized carbons (Fsp3) is 0.600. The van der Waals surface area contributed by atoms with Crippen LogP contribution in [0.4, 0.5) is 0 Å². The number of nitrogens with zero attached hydrogens (tertiary/aromatic N) is 5. The molecule has 0 unspecified atom stereocenters. The van der Waals surface area contributed by atoms with Crippen molar-refractivity contribution in [1.29, 1.82) is 0 Å². The summed E-state index contributed by atoms with van der Waals surface area (Å²) in [4.78, 5) is 9.45. The molecule has 2 saturated heterocycles. The summed E-state index contributed by atoms with van der Waals surface area (Å²) in [7, 11) is 2.24. The number of aliphatic imine (C=N–C) groups is 1. The molecule has 0 N–H and O–H groups in total. The highest BCUT2D eigenvalue weighted by molar-refractivity contribution is 5.85. The lowest BCUT2D eigenvalue weighted by atomic mass is 9.98. The fourth-order valence-electron chi connectivity index (χ4n) is 4.32. The van der Waals surface area contributed by atoms with Gasteiger partial charge in [0.1, 0.15) is 0 Å². The van der Waals surface area contributed by atoms with Crippen LogP contribution in [0.15, 0.2) is 35.7 Å². The summed E-state index contributed by atoms with van der Waals surface area (Å²) in [6.07, 6.45) is 13.9. The first kappa shape index (κ1) is 16.7. The van der Waals surface area contributed by atoms with Crippen molar-refractivity contribution in [2.75, 3.05) is 33.2 Å². The minimum atomic E-state index is 0.525. The van der Waals surface area contributed by atoms with Crippen LogP contribution in [0.2, 0.25) is 0 Å². The summed E-state index contributed by atoms with van der Waals surface area (Å²) in [6.45, 7) is 9.05. The highest BCUT2D eigenvalue weighted by atomic mass is 15.3. The van der Waals surface area contributed by atoms with Crippen LogP contribution < -0.4 is 0 Å². The number of rotatable bonds is 3. The molecule has 0 saturated carbocycles. The van der Waals surface area contributed by atoms with Crippen LogP contribution in [0.1, 0.15) is 43.7 Å². The van der Waals surface area contributed by atoms with Crippen molar-refractivity contribution >= 4 is 11.8 Å². The number of piperidine rings is 2. The molecule has 3 aliphatic heterocycles. The molecule has 134 valence electrons. The van der Waals surface area contributed by atoms with Gasteiger partial charge in [0.15, 0.2) is 0 Å². The quantitative estimate of drug-likeness (QED) is 0.849. The molecule has 5 heteroatoms. The van der Waals surface area contributed by atoms with Crippen LogP contribution in [0.3, 0.4) is 0 Å². The van der Waals surface area contributed by atoms with E-state index in [4.69, 9.17) is 0 Å². The monoisotopic (exact) mass is 339 g/mol. The number of hydrogen-bond donors (Lipinski definition) is 0. The highest BCUT2D eigenvalue weighted by Crippen LogP contribution is 2.30. The average molecular weight is 339 g/mol. The van der Waals surface area contributed by atoms with Crippen LogP contribution in [0.25, 0.3) is 5.57 Å². The lowest BCUT2D eigenvalue weighted by Crippen LogP contribution is -2.47. The maximum Gasteiger partial charge on any atom is 0.0569 e. The number of hydrogen-bond acceptors (Lipinski definition) is 4. The third-order valence-electron chi connectivity index (χ3n) is 6.02.